The predicted octanol–water partition coefficient (Wildman–Crippen LogP) is 3.29. The van der Waals surface area contributed by atoms with Gasteiger partial charge in [-0.05, 0) is 38.5 Å². The molecule has 0 atom stereocenters. The Morgan fingerprint density at radius 3 is 2.57 bits per heavy atom. The molecule has 0 fully saturated rings. The van der Waals surface area contributed by atoms with Crippen LogP contribution in [0.5, 0.6) is 0 Å². The van der Waals surface area contributed by atoms with Crippen LogP contribution in [-0.4, -0.2) is 15.5 Å². The van der Waals surface area contributed by atoms with Gasteiger partial charge in [0.1, 0.15) is 0 Å². The van der Waals surface area contributed by atoms with Gasteiger partial charge in [-0.1, -0.05) is 23.7 Å². The van der Waals surface area contributed by atoms with Crippen molar-refractivity contribution in [1.82, 2.24) is 14.9 Å². The van der Waals surface area contributed by atoms with Crippen LogP contribution < -0.4 is 5.32 Å². The molecule has 0 unspecified atom stereocenters. The third-order valence-electron chi connectivity index (χ3n) is 3.38. The highest BCUT2D eigenvalue weighted by atomic mass is 35.5. The van der Waals surface area contributed by atoms with Crippen LogP contribution in [0.3, 0.4) is 0 Å². The molecule has 0 radical (unpaired) electrons. The van der Waals surface area contributed by atoms with Crippen molar-refractivity contribution < 1.29 is 4.79 Å². The zero-order chi connectivity index (χ0) is 15.5. The fraction of sp³-hybridized carbons (Fsp3) is 0.375. The van der Waals surface area contributed by atoms with Gasteiger partial charge >= 0.3 is 0 Å². The van der Waals surface area contributed by atoms with Crippen LogP contribution in [0, 0.1) is 6.92 Å². The number of rotatable bonds is 5. The van der Waals surface area contributed by atoms with Crippen LogP contribution in [0.4, 0.5) is 0 Å². The van der Waals surface area contributed by atoms with Crippen molar-refractivity contribution in [3.63, 3.8) is 0 Å². The van der Waals surface area contributed by atoms with Gasteiger partial charge < -0.3 is 9.88 Å². The molecule has 4 nitrogen and oxygen atoms in total. The molecule has 0 aliphatic heterocycles. The van der Waals surface area contributed by atoms with E-state index in [0.29, 0.717) is 18.0 Å². The number of benzene rings is 1. The quantitative estimate of drug-likeness (QED) is 0.921. The molecule has 1 aromatic heterocycles. The largest absolute Gasteiger partial charge is 0.347 e. The summed E-state index contributed by atoms with van der Waals surface area (Å²) in [6.07, 6.45) is 4.09. The lowest BCUT2D eigenvalue weighted by Gasteiger charge is -2.27. The van der Waals surface area contributed by atoms with Gasteiger partial charge in [-0.3, -0.25) is 4.79 Å². The highest BCUT2D eigenvalue weighted by Gasteiger charge is 2.22. The number of aromatic nitrogens is 2. The van der Waals surface area contributed by atoms with E-state index >= 15 is 0 Å². The van der Waals surface area contributed by atoms with Crippen molar-refractivity contribution in [2.45, 2.75) is 39.3 Å². The van der Waals surface area contributed by atoms with Crippen LogP contribution in [-0.2, 0) is 16.9 Å². The van der Waals surface area contributed by atoms with Crippen molar-refractivity contribution in [2.75, 3.05) is 0 Å². The first kappa shape index (κ1) is 15.6. The highest BCUT2D eigenvalue weighted by molar-refractivity contribution is 6.30. The number of hydrogen-bond acceptors (Lipinski definition) is 2. The number of amides is 1. The Kier molecular flexibility index (Phi) is 4.68. The van der Waals surface area contributed by atoms with Crippen LogP contribution in [0.15, 0.2) is 36.8 Å². The molecule has 21 heavy (non-hydrogen) atoms. The van der Waals surface area contributed by atoms with E-state index in [4.69, 9.17) is 11.6 Å². The molecule has 2 rings (SSSR count). The summed E-state index contributed by atoms with van der Waals surface area (Å²) in [6.45, 7) is 6.52. The van der Waals surface area contributed by atoms with E-state index in [9.17, 15) is 4.79 Å². The average molecular weight is 306 g/mol. The molecule has 1 heterocycles. The smallest absolute Gasteiger partial charge is 0.222 e. The van der Waals surface area contributed by atoms with Crippen molar-refractivity contribution in [2.24, 2.45) is 0 Å². The number of carbonyl (C=O) groups excluding carboxylic acids is 1. The normalized spacial score (nSPS) is 11.4. The van der Waals surface area contributed by atoms with Crippen molar-refractivity contribution in [3.8, 4) is 0 Å². The maximum atomic E-state index is 12.1. The van der Waals surface area contributed by atoms with Crippen molar-refractivity contribution >= 4 is 17.5 Å². The lowest BCUT2D eigenvalue weighted by atomic mass is 9.94. The first-order valence-corrected chi connectivity index (χ1v) is 7.30. The summed E-state index contributed by atoms with van der Waals surface area (Å²) in [6, 6.07) is 7.53. The summed E-state index contributed by atoms with van der Waals surface area (Å²) < 4.78 is 1.92. The summed E-state index contributed by atoms with van der Waals surface area (Å²) in [5.74, 6) is 0.0151. The molecule has 1 aromatic carbocycles. The van der Waals surface area contributed by atoms with Gasteiger partial charge in [0.25, 0.3) is 0 Å². The second-order valence-electron chi connectivity index (χ2n) is 5.68. The van der Waals surface area contributed by atoms with Gasteiger partial charge in [-0.2, -0.15) is 0 Å². The van der Waals surface area contributed by atoms with E-state index in [1.54, 1.807) is 6.33 Å². The number of halogens is 1. The third-order valence-corrected chi connectivity index (χ3v) is 3.63. The summed E-state index contributed by atoms with van der Waals surface area (Å²) in [4.78, 5) is 16.3. The Labute approximate surface area is 130 Å². The molecule has 0 aliphatic rings. The Morgan fingerprint density at radius 2 is 2.00 bits per heavy atom. The minimum Gasteiger partial charge on any atom is -0.347 e. The van der Waals surface area contributed by atoms with E-state index in [0.717, 1.165) is 11.3 Å². The van der Waals surface area contributed by atoms with E-state index in [1.807, 2.05) is 55.8 Å². The van der Waals surface area contributed by atoms with Gasteiger partial charge in [-0.25, -0.2) is 4.98 Å². The maximum Gasteiger partial charge on any atom is 0.222 e. The summed E-state index contributed by atoms with van der Waals surface area (Å²) >= 11 is 5.89. The van der Waals surface area contributed by atoms with Crippen molar-refractivity contribution in [3.05, 3.63) is 53.1 Å². The lowest BCUT2D eigenvalue weighted by molar-refractivity contribution is -0.123. The van der Waals surface area contributed by atoms with Crippen LogP contribution in [0.1, 0.15) is 31.5 Å². The summed E-state index contributed by atoms with van der Waals surface area (Å²) in [5, 5.41) is 3.74. The average Bonchev–Trinajstić information content (AvgIpc) is 2.82. The first-order valence-electron chi connectivity index (χ1n) is 6.92. The molecule has 0 aliphatic carbocycles. The zero-order valence-electron chi connectivity index (χ0n) is 12.6. The number of imidazole rings is 1. The second kappa shape index (κ2) is 6.31. The molecule has 2 aromatic rings. The minimum absolute atomic E-state index is 0.0151. The molecule has 0 saturated heterocycles. The summed E-state index contributed by atoms with van der Waals surface area (Å²) in [5.41, 5.74) is 1.56. The topological polar surface area (TPSA) is 46.9 Å². The summed E-state index contributed by atoms with van der Waals surface area (Å²) in [7, 11) is 0. The second-order valence-corrected chi connectivity index (χ2v) is 6.12. The molecule has 0 bridgehead atoms. The monoisotopic (exact) mass is 305 g/mol. The Hall–Kier alpha value is -1.81. The maximum absolute atomic E-state index is 12.1. The number of nitrogens with one attached hydrogen (secondary N) is 1. The van der Waals surface area contributed by atoms with Gasteiger partial charge in [0.15, 0.2) is 0 Å². The number of hydrogen-bond donors (Lipinski definition) is 1. The van der Waals surface area contributed by atoms with Gasteiger partial charge in [-0.15, -0.1) is 0 Å². The number of carbonyl (C=O) groups is 1. The molecule has 1 N–H and O–H groups in total. The van der Waals surface area contributed by atoms with Crippen molar-refractivity contribution in [1.29, 1.82) is 0 Å². The Bertz CT molecular complexity index is 617. The van der Waals surface area contributed by atoms with E-state index < -0.39 is 5.54 Å². The van der Waals surface area contributed by atoms with Crippen LogP contribution >= 0.6 is 11.6 Å². The Balaban J connectivity index is 1.93. The molecule has 112 valence electrons. The van der Waals surface area contributed by atoms with Crippen LogP contribution in [0.25, 0.3) is 0 Å². The third kappa shape index (κ3) is 4.33. The SMILES string of the molecule is Cc1cn(CCC(=O)NC(C)(C)c2ccc(Cl)cc2)cn1. The van der Waals surface area contributed by atoms with E-state index in [2.05, 4.69) is 10.3 Å². The van der Waals surface area contributed by atoms with E-state index in [1.165, 1.54) is 0 Å². The van der Waals surface area contributed by atoms with Gasteiger partial charge in [0.05, 0.1) is 17.6 Å². The molecule has 0 saturated carbocycles. The van der Waals surface area contributed by atoms with Crippen LogP contribution in [0.2, 0.25) is 5.02 Å². The minimum atomic E-state index is -0.424. The molecule has 1 amide bonds. The fourth-order valence-electron chi connectivity index (χ4n) is 2.17. The predicted molar refractivity (Wildman–Crippen MR) is 84.2 cm³/mol. The molecule has 5 heteroatoms. The molecular weight excluding hydrogens is 286 g/mol. The van der Waals surface area contributed by atoms with E-state index in [-0.39, 0.29) is 5.91 Å². The standard InChI is InChI=1S/C16H20ClN3O/c1-12-10-20(11-18-12)9-8-15(21)19-16(2,3)13-4-6-14(17)7-5-13/h4-7,10-11H,8-9H2,1-3H3,(H,19,21). The molecule has 0 spiro atoms. The van der Waals surface area contributed by atoms with Gasteiger partial charge in [0, 0.05) is 24.2 Å². The fourth-order valence-corrected chi connectivity index (χ4v) is 2.30. The first-order chi connectivity index (χ1) is 9.87. The molecular formula is C16H20ClN3O. The Morgan fingerprint density at radius 1 is 1.33 bits per heavy atom. The number of aryl methyl sites for hydroxylation is 2. The van der Waals surface area contributed by atoms with Gasteiger partial charge in [0.2, 0.25) is 5.91 Å². The lowest BCUT2D eigenvalue weighted by Crippen LogP contribution is -2.41. The highest BCUT2D eigenvalue weighted by Crippen LogP contribution is 2.22. The number of nitrogens with zero attached hydrogens (tertiary/aromatic N) is 2. The zero-order valence-corrected chi connectivity index (χ0v) is 13.3.